The smallest absolute Gasteiger partial charge is 0.258 e. The second kappa shape index (κ2) is 7.47. The van der Waals surface area contributed by atoms with E-state index in [2.05, 4.69) is 4.98 Å². The van der Waals surface area contributed by atoms with Crippen LogP contribution in [0.1, 0.15) is 32.4 Å². The number of thioether (sulfide) groups is 1. The second-order valence-electron chi connectivity index (χ2n) is 5.92. The van der Waals surface area contributed by atoms with Crippen LogP contribution in [0.2, 0.25) is 0 Å². The molecule has 6 nitrogen and oxygen atoms in total. The molecule has 1 aliphatic heterocycles. The predicted molar refractivity (Wildman–Crippen MR) is 97.9 cm³/mol. The monoisotopic (exact) mass is 364 g/mol. The number of unbranched alkanes of at least 4 members (excludes halogenated alkanes) is 1. The van der Waals surface area contributed by atoms with Gasteiger partial charge in [0.15, 0.2) is 10.8 Å². The van der Waals surface area contributed by atoms with Crippen LogP contribution in [0.15, 0.2) is 17.2 Å². The fraction of sp³-hybridized carbons (Fsp3) is 0.500. The Morgan fingerprint density at radius 2 is 2.17 bits per heavy atom. The molecule has 1 aliphatic rings. The third-order valence-electron chi connectivity index (χ3n) is 4.04. The molecule has 0 aromatic carbocycles. The number of pyridine rings is 1. The Labute approximate surface area is 151 Å². The average molecular weight is 364 g/mol. The van der Waals surface area contributed by atoms with Crippen LogP contribution in [0.25, 0.3) is 0 Å². The summed E-state index contributed by atoms with van der Waals surface area (Å²) in [5.41, 5.74) is 0.161. The van der Waals surface area contributed by atoms with Gasteiger partial charge in [-0.1, -0.05) is 0 Å². The molecule has 1 N–H and O–H groups in total. The first-order valence-electron chi connectivity index (χ1n) is 7.59. The molecule has 0 aliphatic carbocycles. The van der Waals surface area contributed by atoms with Gasteiger partial charge in [0.25, 0.3) is 5.91 Å². The van der Waals surface area contributed by atoms with Gasteiger partial charge in [-0.05, 0) is 51.2 Å². The van der Waals surface area contributed by atoms with E-state index in [4.69, 9.17) is 22.6 Å². The Morgan fingerprint density at radius 1 is 1.46 bits per heavy atom. The van der Waals surface area contributed by atoms with Crippen molar-refractivity contribution >= 4 is 40.7 Å². The van der Waals surface area contributed by atoms with Gasteiger partial charge in [0, 0.05) is 18.0 Å². The highest BCUT2D eigenvalue weighted by Gasteiger charge is 2.49. The lowest BCUT2D eigenvalue weighted by Gasteiger charge is -2.29. The molecule has 1 amide bonds. The van der Waals surface area contributed by atoms with Gasteiger partial charge < -0.3 is 10.0 Å². The normalized spacial score (nSPS) is 16.6. The lowest BCUT2D eigenvalue weighted by Crippen LogP contribution is -2.44. The summed E-state index contributed by atoms with van der Waals surface area (Å²) in [7, 11) is 0. The van der Waals surface area contributed by atoms with Gasteiger partial charge in [-0.25, -0.2) is 4.98 Å². The lowest BCUT2D eigenvalue weighted by atomic mass is 10.0. The Kier molecular flexibility index (Phi) is 5.80. The van der Waals surface area contributed by atoms with E-state index in [-0.39, 0.29) is 12.5 Å². The van der Waals surface area contributed by atoms with Crippen LogP contribution in [0, 0.1) is 11.3 Å². The number of hydrogen-bond acceptors (Lipinski definition) is 6. The number of amides is 1. The number of nitriles is 1. The summed E-state index contributed by atoms with van der Waals surface area (Å²) < 4.78 is 0. The van der Waals surface area contributed by atoms with E-state index in [1.807, 2.05) is 31.1 Å². The number of anilines is 1. The highest BCUT2D eigenvalue weighted by Crippen LogP contribution is 2.34. The zero-order chi connectivity index (χ0) is 17.9. The minimum absolute atomic E-state index is 0.116. The third-order valence-corrected chi connectivity index (χ3v) is 5.19. The number of hydrogen-bond donors (Lipinski definition) is 1. The molecule has 1 fully saturated rings. The van der Waals surface area contributed by atoms with Crippen molar-refractivity contribution in [1.29, 1.82) is 5.26 Å². The van der Waals surface area contributed by atoms with Gasteiger partial charge in [0.05, 0.1) is 11.9 Å². The first kappa shape index (κ1) is 18.6. The molecule has 2 heterocycles. The van der Waals surface area contributed by atoms with Gasteiger partial charge in [-0.3, -0.25) is 9.69 Å². The molecule has 0 unspecified atom stereocenters. The fourth-order valence-electron chi connectivity index (χ4n) is 2.62. The molecular formula is C16H20N4O2S2. The summed E-state index contributed by atoms with van der Waals surface area (Å²) in [6.45, 7) is 4.41. The van der Waals surface area contributed by atoms with Crippen LogP contribution in [-0.2, 0) is 4.79 Å². The van der Waals surface area contributed by atoms with E-state index in [0.717, 1.165) is 6.42 Å². The van der Waals surface area contributed by atoms with Crippen molar-refractivity contribution in [2.45, 2.75) is 37.1 Å². The predicted octanol–water partition coefficient (Wildman–Crippen LogP) is 2.16. The third kappa shape index (κ3) is 3.24. The highest BCUT2D eigenvalue weighted by atomic mass is 32.2. The van der Waals surface area contributed by atoms with E-state index in [0.29, 0.717) is 34.4 Å². The molecular weight excluding hydrogens is 344 g/mol. The van der Waals surface area contributed by atoms with Crippen LogP contribution in [0.4, 0.5) is 5.69 Å². The molecule has 0 spiro atoms. The molecule has 0 saturated carbocycles. The van der Waals surface area contributed by atoms with Crippen LogP contribution < -0.4 is 4.90 Å². The van der Waals surface area contributed by atoms with Crippen molar-refractivity contribution in [1.82, 2.24) is 9.88 Å². The summed E-state index contributed by atoms with van der Waals surface area (Å²) in [4.78, 5) is 21.1. The molecule has 0 radical (unpaired) electrons. The number of nitrogens with zero attached hydrogens (tertiary/aromatic N) is 4. The molecule has 8 heteroatoms. The van der Waals surface area contributed by atoms with E-state index in [9.17, 15) is 4.79 Å². The Balaban J connectivity index is 2.36. The SMILES string of the molecule is CSc1cc(N2C(=O)C(C)(C)N(CCCCO)C2=S)cnc1C#N. The fourth-order valence-corrected chi connectivity index (χ4v) is 3.65. The zero-order valence-corrected chi connectivity index (χ0v) is 15.6. The van der Waals surface area contributed by atoms with Crippen LogP contribution in [-0.4, -0.2) is 51.0 Å². The number of rotatable bonds is 6. The summed E-state index contributed by atoms with van der Waals surface area (Å²) in [5, 5.41) is 18.5. The Hall–Kier alpha value is -1.69. The Bertz CT molecular complexity index is 700. The van der Waals surface area contributed by atoms with Crippen LogP contribution in [0.5, 0.6) is 0 Å². The van der Waals surface area contributed by atoms with Crippen molar-refractivity contribution in [2.24, 2.45) is 0 Å². The van der Waals surface area contributed by atoms with Gasteiger partial charge >= 0.3 is 0 Å². The number of aliphatic hydroxyl groups is 1. The maximum atomic E-state index is 12.9. The van der Waals surface area contributed by atoms with Crippen LogP contribution in [0.3, 0.4) is 0 Å². The van der Waals surface area contributed by atoms with E-state index >= 15 is 0 Å². The van der Waals surface area contributed by atoms with Crippen molar-refractivity contribution in [3.63, 3.8) is 0 Å². The molecule has 1 aromatic heterocycles. The molecule has 2 rings (SSSR count). The maximum Gasteiger partial charge on any atom is 0.258 e. The zero-order valence-electron chi connectivity index (χ0n) is 13.9. The van der Waals surface area contributed by atoms with Crippen molar-refractivity contribution < 1.29 is 9.90 Å². The summed E-state index contributed by atoms with van der Waals surface area (Å²) in [5.74, 6) is -0.116. The number of aliphatic hydroxyl groups excluding tert-OH is 1. The first-order valence-corrected chi connectivity index (χ1v) is 9.23. The van der Waals surface area contributed by atoms with Crippen molar-refractivity contribution in [3.05, 3.63) is 18.0 Å². The molecule has 128 valence electrons. The summed E-state index contributed by atoms with van der Waals surface area (Å²) in [6, 6.07) is 3.82. The van der Waals surface area contributed by atoms with Crippen molar-refractivity contribution in [2.75, 3.05) is 24.3 Å². The number of thiocarbonyl (C=S) groups is 1. The Morgan fingerprint density at radius 3 is 2.75 bits per heavy atom. The highest BCUT2D eigenvalue weighted by molar-refractivity contribution is 7.98. The van der Waals surface area contributed by atoms with Gasteiger partial charge in [0.1, 0.15) is 11.6 Å². The lowest BCUT2D eigenvalue weighted by molar-refractivity contribution is -0.123. The number of aromatic nitrogens is 1. The standard InChI is InChI=1S/C16H20N4O2S2/c1-16(2)14(22)20(15(23)19(16)6-4-5-7-21)11-8-13(24-3)12(9-17)18-10-11/h8,10,21H,4-7H2,1-3H3. The quantitative estimate of drug-likeness (QED) is 0.471. The summed E-state index contributed by atoms with van der Waals surface area (Å²) in [6.07, 6.45) is 4.79. The van der Waals surface area contributed by atoms with E-state index < -0.39 is 5.54 Å². The molecule has 24 heavy (non-hydrogen) atoms. The maximum absolute atomic E-state index is 12.9. The minimum Gasteiger partial charge on any atom is -0.396 e. The average Bonchev–Trinajstić information content (AvgIpc) is 2.74. The van der Waals surface area contributed by atoms with E-state index in [1.165, 1.54) is 22.9 Å². The number of carbonyl (C=O) groups excluding carboxylic acids is 1. The topological polar surface area (TPSA) is 80.5 Å². The largest absolute Gasteiger partial charge is 0.396 e. The number of carbonyl (C=O) groups is 1. The van der Waals surface area contributed by atoms with Crippen molar-refractivity contribution in [3.8, 4) is 6.07 Å². The minimum atomic E-state index is -0.750. The second-order valence-corrected chi connectivity index (χ2v) is 7.13. The van der Waals surface area contributed by atoms with Gasteiger partial charge in [0.2, 0.25) is 0 Å². The first-order chi connectivity index (χ1) is 11.4. The van der Waals surface area contributed by atoms with Crippen LogP contribution >= 0.6 is 24.0 Å². The molecule has 1 aromatic rings. The van der Waals surface area contributed by atoms with Gasteiger partial charge in [-0.15, -0.1) is 11.8 Å². The van der Waals surface area contributed by atoms with E-state index in [1.54, 1.807) is 6.07 Å². The molecule has 1 saturated heterocycles. The molecule has 0 atom stereocenters. The summed E-state index contributed by atoms with van der Waals surface area (Å²) >= 11 is 6.93. The molecule has 0 bridgehead atoms. The van der Waals surface area contributed by atoms with Gasteiger partial charge in [-0.2, -0.15) is 5.26 Å².